The molecule has 0 aromatic carbocycles. The highest BCUT2D eigenvalue weighted by molar-refractivity contribution is 6.03. The highest BCUT2D eigenvalue weighted by Crippen LogP contribution is 2.22. The van der Waals surface area contributed by atoms with E-state index in [1.807, 2.05) is 0 Å². The van der Waals surface area contributed by atoms with Gasteiger partial charge in [0.1, 0.15) is 71.5 Å². The Bertz CT molecular complexity index is 3090. The lowest BCUT2D eigenvalue weighted by atomic mass is 9.90. The molecule has 25 N–H and O–H groups in total. The van der Waals surface area contributed by atoms with E-state index >= 15 is 0 Å². The summed E-state index contributed by atoms with van der Waals surface area (Å²) >= 11 is 0. The third kappa shape index (κ3) is 30.2. The summed E-state index contributed by atoms with van der Waals surface area (Å²) in [5.41, 5.74) is 23.1. The molecule has 0 aromatic heterocycles. The van der Waals surface area contributed by atoms with Gasteiger partial charge in [0, 0.05) is 6.42 Å². The van der Waals surface area contributed by atoms with Crippen molar-refractivity contribution in [3.05, 3.63) is 12.2 Å². The molecular weight excluding hydrogens is 1340 g/mol. The van der Waals surface area contributed by atoms with E-state index in [1.54, 1.807) is 39.8 Å². The number of nitrogens with one attached hydrogen (secondary N) is 12. The van der Waals surface area contributed by atoms with Crippen molar-refractivity contribution in [1.29, 1.82) is 0 Å². The Kier molecular flexibility index (Phi) is 37.6. The molecular formula is C64H107N17O21. The van der Waals surface area contributed by atoms with Crippen LogP contribution in [0, 0.1) is 17.8 Å². The fourth-order valence-corrected chi connectivity index (χ4v) is 10.2. The number of Topliss-reactive ketones (excluding diaryl/α,β-unsaturated/α-hetero) is 1. The summed E-state index contributed by atoms with van der Waals surface area (Å²) < 4.78 is 0. The number of carbonyl (C=O) groups is 18. The van der Waals surface area contributed by atoms with E-state index in [1.165, 1.54) is 34.6 Å². The molecule has 574 valence electrons. The lowest BCUT2D eigenvalue weighted by Gasteiger charge is -2.35. The molecule has 0 aliphatic carbocycles. The molecule has 0 radical (unpaired) electrons. The number of nitrogens with two attached hydrogens (primary N) is 5. The van der Waals surface area contributed by atoms with Crippen LogP contribution in [0.2, 0.25) is 0 Å². The number of primary amides is 4. The minimum absolute atomic E-state index is 0.0588. The number of rotatable bonds is 35. The van der Waals surface area contributed by atoms with Crippen molar-refractivity contribution in [2.24, 2.45) is 46.4 Å². The molecule has 0 saturated carbocycles. The Morgan fingerprint density at radius 3 is 1.57 bits per heavy atom. The second kappa shape index (κ2) is 42.5. The van der Waals surface area contributed by atoms with Gasteiger partial charge in [-0.3, -0.25) is 86.3 Å². The lowest BCUT2D eigenvalue weighted by Crippen LogP contribution is -2.66. The van der Waals surface area contributed by atoms with E-state index in [-0.39, 0.29) is 51.4 Å². The number of hydrogen-bond acceptors (Lipinski definition) is 21. The van der Waals surface area contributed by atoms with Gasteiger partial charge in [0.2, 0.25) is 94.5 Å². The summed E-state index contributed by atoms with van der Waals surface area (Å²) in [6.45, 7) is 16.5. The summed E-state index contributed by atoms with van der Waals surface area (Å²) in [7, 11) is 0. The maximum atomic E-state index is 14.9. The van der Waals surface area contributed by atoms with Gasteiger partial charge in [-0.2, -0.15) is 0 Å². The molecule has 0 fully saturated rings. The summed E-state index contributed by atoms with van der Waals surface area (Å²) in [5.74, 6) is -21.9. The quantitative estimate of drug-likeness (QED) is 0.0262. The van der Waals surface area contributed by atoms with Crippen LogP contribution in [0.15, 0.2) is 12.2 Å². The number of carboxylic acid groups (broad SMARTS) is 1. The van der Waals surface area contributed by atoms with Gasteiger partial charge < -0.3 is 108 Å². The van der Waals surface area contributed by atoms with Gasteiger partial charge >= 0.3 is 5.97 Å². The number of aliphatic hydroxyl groups excluding tert-OH is 2. The second-order valence-corrected chi connectivity index (χ2v) is 26.6. The molecule has 0 saturated heterocycles. The van der Waals surface area contributed by atoms with Gasteiger partial charge in [-0.15, -0.1) is 0 Å². The van der Waals surface area contributed by atoms with Crippen LogP contribution in [0.5, 0.6) is 0 Å². The molecule has 0 spiro atoms. The fraction of sp³-hybridized carbons (Fsp3) is 0.688. The first-order valence-electron chi connectivity index (χ1n) is 33.6. The van der Waals surface area contributed by atoms with Gasteiger partial charge in [-0.05, 0) is 104 Å². The van der Waals surface area contributed by atoms with Gasteiger partial charge in [0.25, 0.3) is 0 Å². The van der Waals surface area contributed by atoms with E-state index < -0.39 is 252 Å². The number of amides is 16. The van der Waals surface area contributed by atoms with Crippen LogP contribution in [0.3, 0.4) is 0 Å². The minimum atomic E-state index is -2.10. The highest BCUT2D eigenvalue weighted by atomic mass is 16.4. The first-order valence-corrected chi connectivity index (χ1v) is 33.6. The second-order valence-electron chi connectivity index (χ2n) is 26.6. The molecule has 102 heavy (non-hydrogen) atoms. The normalized spacial score (nSPS) is 22.6. The molecule has 38 nitrogen and oxygen atoms in total. The zero-order valence-corrected chi connectivity index (χ0v) is 59.9. The molecule has 38 heteroatoms. The van der Waals surface area contributed by atoms with Crippen LogP contribution in [0.25, 0.3) is 0 Å². The van der Waals surface area contributed by atoms with Crippen LogP contribution in [0.1, 0.15) is 173 Å². The Balaban J connectivity index is 3.90. The van der Waals surface area contributed by atoms with Crippen molar-refractivity contribution in [2.75, 3.05) is 0 Å². The first-order chi connectivity index (χ1) is 47.2. The summed E-state index contributed by atoms with van der Waals surface area (Å²) in [6.07, 6.45) is -3.86. The maximum Gasteiger partial charge on any atom is 0.305 e. The van der Waals surface area contributed by atoms with Gasteiger partial charge in [0.05, 0.1) is 43.9 Å². The molecule has 0 aromatic rings. The predicted molar refractivity (Wildman–Crippen MR) is 363 cm³/mol. The van der Waals surface area contributed by atoms with E-state index in [2.05, 4.69) is 63.8 Å². The Labute approximate surface area is 591 Å². The van der Waals surface area contributed by atoms with Crippen LogP contribution in [-0.2, 0) is 86.3 Å². The molecule has 17 atom stereocenters. The Morgan fingerprint density at radius 2 is 1.07 bits per heavy atom. The zero-order valence-electron chi connectivity index (χ0n) is 59.9. The highest BCUT2D eigenvalue weighted by Gasteiger charge is 2.44. The van der Waals surface area contributed by atoms with E-state index in [0.29, 0.717) is 0 Å². The van der Waals surface area contributed by atoms with Gasteiger partial charge in [0.15, 0.2) is 5.78 Å². The third-order valence-electron chi connectivity index (χ3n) is 17.1. The SMILES string of the molecule is CC[C@H](C)[C@H](NC(=O)[C@H](C)NC(=O)[C@H](CC(N)=O)NC(=O)[C@H](CCC(N)=O)NC(=O)[C@@H](N)[C@@H](C)O)C(=O)N[C@@H](CC(=O)O)C(=O)N[C@@]1(C)CCC/C=C\CCC[C@@](C)(C(=O)N[C@H](C(=O)N[C@@H](CC(N)=O)C(C)=O)C(C)C)NC(=O)[C@H](CC(N)=O)NC(=O)[C@H]([C@@H](C)O)NC(=O)[C@H]([C@@H](C)CC)NC1=O. The van der Waals surface area contributed by atoms with Gasteiger partial charge in [-0.1, -0.05) is 66.5 Å². The maximum absolute atomic E-state index is 14.9. The smallest absolute Gasteiger partial charge is 0.305 e. The number of carboxylic acids is 1. The first kappa shape index (κ1) is 90.3. The number of ketones is 1. The molecule has 1 aliphatic rings. The lowest BCUT2D eigenvalue weighted by molar-refractivity contribution is -0.143. The van der Waals surface area contributed by atoms with Crippen molar-refractivity contribution in [3.8, 4) is 0 Å². The van der Waals surface area contributed by atoms with Crippen LogP contribution in [-0.4, -0.2) is 211 Å². The van der Waals surface area contributed by atoms with Crippen molar-refractivity contribution < 1.29 is 102 Å². The number of hydrogen-bond donors (Lipinski definition) is 20. The third-order valence-corrected chi connectivity index (χ3v) is 17.1. The van der Waals surface area contributed by atoms with Crippen molar-refractivity contribution in [1.82, 2.24) is 63.8 Å². The average molecular weight is 1450 g/mol. The summed E-state index contributed by atoms with van der Waals surface area (Å²) in [6, 6.07) is -18.4. The largest absolute Gasteiger partial charge is 0.481 e. The van der Waals surface area contributed by atoms with E-state index in [4.69, 9.17) is 28.7 Å². The monoisotopic (exact) mass is 1450 g/mol. The van der Waals surface area contributed by atoms with Crippen molar-refractivity contribution in [3.63, 3.8) is 0 Å². The fourth-order valence-electron chi connectivity index (χ4n) is 10.2. The van der Waals surface area contributed by atoms with E-state index in [0.717, 1.165) is 20.8 Å². The molecule has 0 unspecified atom stereocenters. The molecule has 1 rings (SSSR count). The zero-order chi connectivity index (χ0) is 78.4. The number of carbonyl (C=O) groups excluding carboxylic acids is 17. The number of aliphatic carboxylic acids is 1. The minimum Gasteiger partial charge on any atom is -0.481 e. The van der Waals surface area contributed by atoms with Crippen LogP contribution >= 0.6 is 0 Å². The Hall–Kier alpha value is -9.72. The predicted octanol–water partition coefficient (Wildman–Crippen LogP) is -6.69. The molecule has 1 heterocycles. The van der Waals surface area contributed by atoms with Crippen LogP contribution < -0.4 is 92.5 Å². The molecule has 16 amide bonds. The number of allylic oxidation sites excluding steroid dienone is 2. The molecule has 0 bridgehead atoms. The van der Waals surface area contributed by atoms with Gasteiger partial charge in [-0.25, -0.2) is 0 Å². The number of aliphatic hydroxyl groups is 2. The van der Waals surface area contributed by atoms with Crippen molar-refractivity contribution in [2.45, 2.75) is 263 Å². The molecule has 1 aliphatic heterocycles. The van der Waals surface area contributed by atoms with Crippen LogP contribution in [0.4, 0.5) is 0 Å². The van der Waals surface area contributed by atoms with Crippen molar-refractivity contribution >= 4 is 106 Å². The topological polar surface area (TPSA) is 642 Å². The summed E-state index contributed by atoms with van der Waals surface area (Å²) in [4.78, 5) is 242. The Morgan fingerprint density at radius 1 is 0.559 bits per heavy atom. The average Bonchev–Trinajstić information content (AvgIpc) is 0.851. The van der Waals surface area contributed by atoms with E-state index in [9.17, 15) is 102 Å². The summed E-state index contributed by atoms with van der Waals surface area (Å²) in [5, 5.41) is 59.8. The standard InChI is InChI=1S/C64H107N17O21/c1-13-30(5)48(76-51(91)32(7)70-53(93)38(26-43(67)87)73-52(92)36(21-22-41(65)85)71-56(96)46(69)34(9)83)58(98)75-40(28-45(89)90)55(95)81-64(12)24-20-18-16-15-17-19-23-63(11,61(101)78-47(29(3)4)57(97)72-37(33(8)82)25-42(66)86)80-54(94)39(27-44(68)88)74-60(100)50(35(10)84)77-59(99)49(31(6)14-2)79-62(64)102/h15-16,29-32,34-40,46-50,83-84H,13-14,17-28,69H2,1-12H3,(H2,65,85)(H2,66,86)(H2,67,87)(H2,68,88)(H,70,93)(H,71,96)(H,72,97)(H,73,92)(H,74,100)(H,75,98)(H,76,91)(H,77,99)(H,78,101)(H,79,102)(H,80,94)(H,81,95)(H,89,90)/b16-15-/t30-,31-,32-,34+,35+,36-,37-,38-,39-,40-,46-,47-,48-,49-,50-,63-,64-/m0/s1.